The molecule has 0 aliphatic heterocycles. The van der Waals surface area contributed by atoms with Crippen LogP contribution in [0.2, 0.25) is 0 Å². The SMILES string of the molecule is C1=CCC(P(c2ccccc2)c2ccccc2)=C1.C1=CCC(P(c2ccccc2)c2ccccc2)=C1.ClCCl.[Cl][Pd][Cl].[Fe]. The molecule has 0 unspecified atom stereocenters. The van der Waals surface area contributed by atoms with Gasteiger partial charge in [-0.3, -0.25) is 0 Å². The van der Waals surface area contributed by atoms with E-state index in [0.717, 1.165) is 12.8 Å². The van der Waals surface area contributed by atoms with E-state index in [1.54, 1.807) is 10.6 Å². The topological polar surface area (TPSA) is 0 Å². The summed E-state index contributed by atoms with van der Waals surface area (Å²) >= 11 is 9.42. The van der Waals surface area contributed by atoms with Crippen molar-refractivity contribution in [1.29, 1.82) is 0 Å². The Kier molecular flexibility index (Phi) is 20.8. The Bertz CT molecular complexity index is 1230. The van der Waals surface area contributed by atoms with Gasteiger partial charge in [-0.2, -0.15) is 0 Å². The van der Waals surface area contributed by atoms with E-state index in [4.69, 9.17) is 42.3 Å². The van der Waals surface area contributed by atoms with Crippen LogP contribution in [0.25, 0.3) is 0 Å². The van der Waals surface area contributed by atoms with E-state index in [1.807, 2.05) is 0 Å². The van der Waals surface area contributed by atoms with Gasteiger partial charge in [-0.05, 0) is 60.5 Å². The Morgan fingerprint density at radius 3 is 0.907 bits per heavy atom. The van der Waals surface area contributed by atoms with Gasteiger partial charge in [0.25, 0.3) is 0 Å². The van der Waals surface area contributed by atoms with Crippen LogP contribution in [0.3, 0.4) is 0 Å². The van der Waals surface area contributed by atoms with E-state index in [9.17, 15) is 0 Å². The summed E-state index contributed by atoms with van der Waals surface area (Å²) in [5.74, 6) is 0. The third-order valence-electron chi connectivity index (χ3n) is 6.14. The van der Waals surface area contributed by atoms with Gasteiger partial charge in [0.2, 0.25) is 0 Å². The van der Waals surface area contributed by atoms with Gasteiger partial charge >= 0.3 is 35.0 Å². The molecule has 2 aliphatic carbocycles. The monoisotopic (exact) mass is 816 g/mol. The van der Waals surface area contributed by atoms with Gasteiger partial charge in [0, 0.05) is 17.1 Å². The molecule has 0 fully saturated rings. The molecule has 4 aromatic carbocycles. The maximum absolute atomic E-state index is 4.81. The molecule has 0 atom stereocenters. The molecule has 0 N–H and O–H groups in total. The molecule has 8 heteroatoms. The normalized spacial score (nSPS) is 12.6. The molecule has 43 heavy (non-hydrogen) atoms. The second-order valence-corrected chi connectivity index (χ2v) is 16.5. The molecule has 2 aliphatic rings. The summed E-state index contributed by atoms with van der Waals surface area (Å²) in [6.45, 7) is 0. The van der Waals surface area contributed by atoms with Gasteiger partial charge in [-0.25, -0.2) is 0 Å². The smallest absolute Gasteiger partial charge is 0 e. The van der Waals surface area contributed by atoms with Crippen molar-refractivity contribution in [3.05, 3.63) is 168 Å². The first kappa shape index (κ1) is 38.2. The molecule has 0 saturated carbocycles. The molecule has 4 aromatic rings. The first-order valence-corrected chi connectivity index (χ1v) is 20.9. The summed E-state index contributed by atoms with van der Waals surface area (Å²) in [7, 11) is 8.92. The summed E-state index contributed by atoms with van der Waals surface area (Å²) in [4.78, 5) is 0. The Hall–Kier alpha value is -0.958. The van der Waals surface area contributed by atoms with Crippen molar-refractivity contribution < 1.29 is 33.0 Å². The molecule has 228 valence electrons. The number of benzene rings is 4. The van der Waals surface area contributed by atoms with Gasteiger partial charge < -0.3 is 0 Å². The van der Waals surface area contributed by atoms with Crippen LogP contribution in [0.4, 0.5) is 0 Å². The van der Waals surface area contributed by atoms with Crippen LogP contribution in [-0.4, -0.2) is 5.34 Å². The summed E-state index contributed by atoms with van der Waals surface area (Å²) in [6, 6.07) is 43.4. The number of rotatable bonds is 6. The number of hydrogen-bond donors (Lipinski definition) is 0. The Morgan fingerprint density at radius 1 is 0.488 bits per heavy atom. The zero-order valence-electron chi connectivity index (χ0n) is 23.2. The number of halogens is 4. The van der Waals surface area contributed by atoms with E-state index in [1.165, 1.54) is 21.2 Å². The largest absolute Gasteiger partial charge is 0 e. The molecule has 0 heterocycles. The minimum Gasteiger partial charge on any atom is 0 e. The van der Waals surface area contributed by atoms with Crippen LogP contribution in [0.1, 0.15) is 12.8 Å². The van der Waals surface area contributed by atoms with Crippen LogP contribution in [0.15, 0.2) is 168 Å². The molecule has 0 radical (unpaired) electrons. The summed E-state index contributed by atoms with van der Waals surface area (Å²) in [5.41, 5.74) is 0. The molecule has 0 nitrogen and oxygen atoms in total. The fraction of sp³-hybridized carbons (Fsp3) is 0.0857. The number of hydrogen-bond acceptors (Lipinski definition) is 0. The van der Waals surface area contributed by atoms with E-state index >= 15 is 0 Å². The van der Waals surface area contributed by atoms with Gasteiger partial charge in [-0.1, -0.05) is 158 Å². The molecular weight excluding hydrogens is 786 g/mol. The molecule has 0 aromatic heterocycles. The second kappa shape index (κ2) is 23.4. The maximum Gasteiger partial charge on any atom is 0 e. The minimum atomic E-state index is -0.353. The van der Waals surface area contributed by atoms with Crippen molar-refractivity contribution in [2.75, 3.05) is 5.34 Å². The molecule has 0 amide bonds. The quantitative estimate of drug-likeness (QED) is 0.103. The van der Waals surface area contributed by atoms with Crippen LogP contribution in [-0.2, 0) is 33.0 Å². The van der Waals surface area contributed by atoms with Gasteiger partial charge in [0.15, 0.2) is 0 Å². The van der Waals surface area contributed by atoms with Crippen molar-refractivity contribution >= 4 is 79.3 Å². The Labute approximate surface area is 296 Å². The Balaban J connectivity index is 0.000000249. The third kappa shape index (κ3) is 13.1. The predicted octanol–water partition coefficient (Wildman–Crippen LogP) is 10.7. The van der Waals surface area contributed by atoms with E-state index < -0.39 is 0 Å². The van der Waals surface area contributed by atoms with E-state index in [2.05, 4.69) is 158 Å². The van der Waals surface area contributed by atoms with Crippen molar-refractivity contribution in [1.82, 2.24) is 0 Å². The number of alkyl halides is 2. The summed E-state index contributed by atoms with van der Waals surface area (Å²) in [5, 5.41) is 9.04. The van der Waals surface area contributed by atoms with Gasteiger partial charge in [0.1, 0.15) is 0 Å². The van der Waals surface area contributed by atoms with Crippen molar-refractivity contribution in [2.45, 2.75) is 12.8 Å². The Morgan fingerprint density at radius 2 is 0.721 bits per heavy atom. The molecule has 0 bridgehead atoms. The second-order valence-electron chi connectivity index (χ2n) is 8.74. The molecular formula is C35H32Cl4FeP2Pd. The average molecular weight is 819 g/mol. The van der Waals surface area contributed by atoms with E-state index in [-0.39, 0.29) is 54.2 Å². The zero-order chi connectivity index (χ0) is 29.8. The predicted molar refractivity (Wildman–Crippen MR) is 190 cm³/mol. The standard InChI is InChI=1S/2C17H15P.CH2Cl2.2ClH.Fe.Pd/c2*1-3-9-15(10-4-1)18(17-13-7-8-14-17)16-11-5-2-6-12-16;2-1-3;;;;/h2*1-13H,14H2;1H2;2*1H;;/q;;;;;;+2/p-2. The molecule has 0 saturated heterocycles. The maximum atomic E-state index is 4.81. The number of allylic oxidation sites excluding steroid dienone is 8. The fourth-order valence-corrected chi connectivity index (χ4v) is 9.32. The first-order chi connectivity index (χ1) is 20.7. The van der Waals surface area contributed by atoms with Gasteiger partial charge in [0.05, 0.1) is 5.34 Å². The van der Waals surface area contributed by atoms with Gasteiger partial charge in [-0.15, -0.1) is 23.2 Å². The third-order valence-corrected chi connectivity index (χ3v) is 11.2. The van der Waals surface area contributed by atoms with Crippen LogP contribution >= 0.6 is 58.1 Å². The van der Waals surface area contributed by atoms with Crippen LogP contribution in [0.5, 0.6) is 0 Å². The van der Waals surface area contributed by atoms with E-state index in [0.29, 0.717) is 0 Å². The first-order valence-electron chi connectivity index (χ1n) is 13.2. The van der Waals surface area contributed by atoms with Crippen LogP contribution in [0, 0.1) is 0 Å². The van der Waals surface area contributed by atoms with Crippen molar-refractivity contribution in [3.8, 4) is 0 Å². The zero-order valence-corrected chi connectivity index (χ0v) is 30.7. The minimum absolute atomic E-state index is 0. The fourth-order valence-electron chi connectivity index (χ4n) is 4.47. The van der Waals surface area contributed by atoms with Crippen molar-refractivity contribution in [2.24, 2.45) is 0 Å². The summed E-state index contributed by atoms with van der Waals surface area (Å²) in [6.07, 6.45) is 15.6. The summed E-state index contributed by atoms with van der Waals surface area (Å²) < 4.78 is 0. The average Bonchev–Trinajstić information content (AvgIpc) is 3.77. The van der Waals surface area contributed by atoms with Crippen LogP contribution < -0.4 is 21.2 Å². The van der Waals surface area contributed by atoms with Crippen molar-refractivity contribution in [3.63, 3.8) is 0 Å². The molecule has 6 rings (SSSR count). The molecule has 0 spiro atoms.